The number of hydrogen-bond donors (Lipinski definition) is 12. The quantitative estimate of drug-likeness (QED) is 0.0199. The molecule has 3 aliphatic heterocycles. The molecule has 0 spiro atoms. The molecule has 0 aromatic rings. The Morgan fingerprint density at radius 3 is 1.08 bits per heavy atom. The largest absolute Gasteiger partial charge is 0.394 e. The monoisotopic (exact) mass is 1290 g/mol. The number of rotatable bonds is 58. The molecule has 12 N–H and O–H groups in total. The van der Waals surface area contributed by atoms with E-state index in [1.165, 1.54) is 212 Å². The minimum Gasteiger partial charge on any atom is -0.394 e. The molecule has 0 aromatic carbocycles. The van der Waals surface area contributed by atoms with Crippen molar-refractivity contribution in [3.63, 3.8) is 0 Å². The summed E-state index contributed by atoms with van der Waals surface area (Å²) in [6.07, 6.45) is 33.0. The van der Waals surface area contributed by atoms with E-state index in [-0.39, 0.29) is 18.9 Å². The van der Waals surface area contributed by atoms with Crippen molar-refractivity contribution < 1.29 is 89.4 Å². The summed E-state index contributed by atoms with van der Waals surface area (Å²) in [5, 5.41) is 121. The van der Waals surface area contributed by atoms with Gasteiger partial charge in [0.25, 0.3) is 0 Å². The summed E-state index contributed by atoms with van der Waals surface area (Å²) in [7, 11) is 0. The maximum Gasteiger partial charge on any atom is 0.220 e. The molecule has 0 saturated carbocycles. The van der Waals surface area contributed by atoms with Crippen LogP contribution < -0.4 is 5.32 Å². The van der Waals surface area contributed by atoms with Gasteiger partial charge in [0.1, 0.15) is 73.2 Å². The number of carbonyl (C=O) groups is 1. The lowest BCUT2D eigenvalue weighted by Gasteiger charge is -2.48. The summed E-state index contributed by atoms with van der Waals surface area (Å²) >= 11 is 0. The average molecular weight is 1290 g/mol. The number of unbranched alkanes of at least 4 members (excludes halogenated alkanes) is 40. The molecular weight excluding hydrogens is 1150 g/mol. The first-order valence-electron chi connectivity index (χ1n) is 36.9. The number of carbonyl (C=O) groups excluding carboxylic acids is 1. The maximum absolute atomic E-state index is 13.4. The molecule has 0 radical (unpaired) electrons. The van der Waals surface area contributed by atoms with Gasteiger partial charge >= 0.3 is 0 Å². The van der Waals surface area contributed by atoms with Crippen LogP contribution in [-0.2, 0) is 33.2 Å². The third kappa shape index (κ3) is 35.0. The second kappa shape index (κ2) is 53.6. The molecule has 19 nitrogen and oxygen atoms in total. The van der Waals surface area contributed by atoms with Gasteiger partial charge in [-0.05, 0) is 38.5 Å². The van der Waals surface area contributed by atoms with E-state index in [0.29, 0.717) is 12.8 Å². The minimum atomic E-state index is -1.97. The second-order valence-electron chi connectivity index (χ2n) is 26.8. The van der Waals surface area contributed by atoms with Gasteiger partial charge in [0.2, 0.25) is 5.91 Å². The van der Waals surface area contributed by atoms with Gasteiger partial charge in [-0.2, -0.15) is 0 Å². The highest BCUT2D eigenvalue weighted by Gasteiger charge is 2.53. The van der Waals surface area contributed by atoms with Crippen LogP contribution in [0.1, 0.15) is 303 Å². The van der Waals surface area contributed by atoms with Crippen LogP contribution >= 0.6 is 0 Å². The Morgan fingerprint density at radius 2 is 0.700 bits per heavy atom. The molecule has 3 heterocycles. The molecule has 532 valence electrons. The number of aliphatic hydroxyl groups excluding tert-OH is 11. The molecule has 3 saturated heterocycles. The van der Waals surface area contributed by atoms with Crippen molar-refractivity contribution in [1.82, 2.24) is 5.32 Å². The number of hydrogen-bond acceptors (Lipinski definition) is 18. The lowest BCUT2D eigenvalue weighted by molar-refractivity contribution is -0.379. The van der Waals surface area contributed by atoms with Crippen molar-refractivity contribution in [2.45, 2.75) is 407 Å². The number of amides is 1. The van der Waals surface area contributed by atoms with Crippen LogP contribution in [0, 0.1) is 0 Å². The Hall–Kier alpha value is -1.47. The SMILES string of the molecule is CCCCCCCC/C=C\CCCCCCCCCC(=O)NC(COC1OC(CO)C(OC2OC(CO)C(OC3OC(CO)C(O)C(O)C3O)C(O)C2O)C(O)C1O)C(O)CCCCCCCCCCCCCCCCCCCCCCCCCCCCCC. The van der Waals surface area contributed by atoms with Crippen molar-refractivity contribution >= 4 is 5.91 Å². The summed E-state index contributed by atoms with van der Waals surface area (Å²) in [4.78, 5) is 13.4. The lowest BCUT2D eigenvalue weighted by Crippen LogP contribution is -2.66. The number of aliphatic hydroxyl groups is 11. The van der Waals surface area contributed by atoms with Gasteiger partial charge in [0.15, 0.2) is 18.9 Å². The van der Waals surface area contributed by atoms with Crippen LogP contribution in [-0.4, -0.2) is 193 Å². The highest BCUT2D eigenvalue weighted by molar-refractivity contribution is 5.76. The topological polar surface area (TPSA) is 307 Å². The van der Waals surface area contributed by atoms with E-state index in [2.05, 4.69) is 31.3 Å². The van der Waals surface area contributed by atoms with E-state index < -0.39 is 124 Å². The van der Waals surface area contributed by atoms with Gasteiger partial charge in [-0.15, -0.1) is 0 Å². The first-order chi connectivity index (χ1) is 43.8. The summed E-state index contributed by atoms with van der Waals surface area (Å²) in [5.74, 6) is -0.243. The van der Waals surface area contributed by atoms with Gasteiger partial charge < -0.3 is 89.9 Å². The Labute approximate surface area is 544 Å². The zero-order valence-corrected chi connectivity index (χ0v) is 56.4. The van der Waals surface area contributed by atoms with Crippen LogP contribution in [0.5, 0.6) is 0 Å². The van der Waals surface area contributed by atoms with E-state index in [1.807, 2.05) is 0 Å². The predicted molar refractivity (Wildman–Crippen MR) is 351 cm³/mol. The number of nitrogens with one attached hydrogen (secondary N) is 1. The molecule has 19 heteroatoms. The number of ether oxygens (including phenoxy) is 6. The predicted octanol–water partition coefficient (Wildman–Crippen LogP) is 10.4. The van der Waals surface area contributed by atoms with Crippen molar-refractivity contribution in [3.05, 3.63) is 12.2 Å². The van der Waals surface area contributed by atoms with E-state index in [9.17, 15) is 61.0 Å². The molecule has 3 rings (SSSR count). The first kappa shape index (κ1) is 82.8. The van der Waals surface area contributed by atoms with Crippen LogP contribution in [0.3, 0.4) is 0 Å². The Morgan fingerprint density at radius 1 is 0.389 bits per heavy atom. The zero-order chi connectivity index (χ0) is 65.4. The lowest BCUT2D eigenvalue weighted by atomic mass is 9.96. The highest BCUT2D eigenvalue weighted by Crippen LogP contribution is 2.33. The maximum atomic E-state index is 13.4. The van der Waals surface area contributed by atoms with Crippen LogP contribution in [0.2, 0.25) is 0 Å². The molecule has 90 heavy (non-hydrogen) atoms. The van der Waals surface area contributed by atoms with Gasteiger partial charge in [-0.25, -0.2) is 0 Å². The summed E-state index contributed by atoms with van der Waals surface area (Å²) in [5.41, 5.74) is 0. The molecule has 0 aromatic heterocycles. The molecule has 1 amide bonds. The molecule has 3 aliphatic rings. The molecule has 17 unspecified atom stereocenters. The average Bonchev–Trinajstić information content (AvgIpc) is 0.847. The van der Waals surface area contributed by atoms with Gasteiger partial charge in [0.05, 0.1) is 38.6 Å². The molecule has 0 aliphatic carbocycles. The van der Waals surface area contributed by atoms with Crippen LogP contribution in [0.25, 0.3) is 0 Å². The Kier molecular flexibility index (Phi) is 49.3. The summed E-state index contributed by atoms with van der Waals surface area (Å²) in [6, 6.07) is -0.887. The van der Waals surface area contributed by atoms with E-state index in [1.54, 1.807) is 0 Å². The smallest absolute Gasteiger partial charge is 0.220 e. The zero-order valence-electron chi connectivity index (χ0n) is 56.4. The van der Waals surface area contributed by atoms with Crippen LogP contribution in [0.4, 0.5) is 0 Å². The summed E-state index contributed by atoms with van der Waals surface area (Å²) < 4.78 is 34.5. The van der Waals surface area contributed by atoms with Crippen molar-refractivity contribution in [1.29, 1.82) is 0 Å². The second-order valence-corrected chi connectivity index (χ2v) is 26.8. The normalized spacial score (nSPS) is 28.0. The minimum absolute atomic E-state index is 0.243. The molecule has 0 bridgehead atoms. The third-order valence-corrected chi connectivity index (χ3v) is 18.8. The highest BCUT2D eigenvalue weighted by atomic mass is 16.8. The molecule has 17 atom stereocenters. The fourth-order valence-corrected chi connectivity index (χ4v) is 12.8. The van der Waals surface area contributed by atoms with E-state index in [4.69, 9.17) is 28.4 Å². The molecule has 3 fully saturated rings. The van der Waals surface area contributed by atoms with E-state index in [0.717, 1.165) is 57.8 Å². The molecular formula is C71H135NO18. The van der Waals surface area contributed by atoms with Crippen molar-refractivity contribution in [2.24, 2.45) is 0 Å². The van der Waals surface area contributed by atoms with Gasteiger partial charge in [0, 0.05) is 6.42 Å². The standard InChI is InChI=1S/C71H135NO18/c1-3-5-7-9-11-13-15-17-19-21-22-23-24-25-26-27-28-29-30-31-33-34-36-38-40-42-44-46-48-55(76)54(72-59(77)49-47-45-43-41-39-37-35-32-20-18-16-14-12-10-8-6-4-2)53-85-69-65(83)62(80)67(57(51-74)87-69)90-71-66(84)63(81)68(58(52-75)88-71)89-70-64(82)61(79)60(78)56(50-73)86-70/h18,20,54-58,60-71,73-76,78-84H,3-17,19,21-53H2,1-2H3,(H,72,77)/b20-18-. The first-order valence-corrected chi connectivity index (χ1v) is 36.9. The Balaban J connectivity index is 1.39. The van der Waals surface area contributed by atoms with Gasteiger partial charge in [-0.3, -0.25) is 4.79 Å². The van der Waals surface area contributed by atoms with Crippen LogP contribution in [0.15, 0.2) is 12.2 Å². The third-order valence-electron chi connectivity index (χ3n) is 18.8. The van der Waals surface area contributed by atoms with E-state index >= 15 is 0 Å². The van der Waals surface area contributed by atoms with Crippen molar-refractivity contribution in [2.75, 3.05) is 26.4 Å². The fraction of sp³-hybridized carbons (Fsp3) is 0.958. The number of allylic oxidation sites excluding steroid dienone is 2. The van der Waals surface area contributed by atoms with Crippen molar-refractivity contribution in [3.8, 4) is 0 Å². The van der Waals surface area contributed by atoms with Gasteiger partial charge in [-0.1, -0.05) is 270 Å². The summed E-state index contributed by atoms with van der Waals surface area (Å²) in [6.45, 7) is 1.83. The fourth-order valence-electron chi connectivity index (χ4n) is 12.8. The Bertz CT molecular complexity index is 1680.